The number of anilines is 1. The molecule has 0 fully saturated rings. The average molecular weight is 375 g/mol. The number of nitro benzene ring substituents is 1. The number of aryl methyl sites for hydroxylation is 2. The van der Waals surface area contributed by atoms with E-state index < -0.39 is 14.9 Å². The van der Waals surface area contributed by atoms with Crippen molar-refractivity contribution in [2.24, 2.45) is 0 Å². The maximum absolute atomic E-state index is 12.3. The Kier molecular flexibility index (Phi) is 4.01. The van der Waals surface area contributed by atoms with Crippen molar-refractivity contribution in [2.75, 3.05) is 4.72 Å². The smallest absolute Gasteiger partial charge is 0.281 e. The van der Waals surface area contributed by atoms with Crippen molar-refractivity contribution < 1.29 is 13.3 Å². The summed E-state index contributed by atoms with van der Waals surface area (Å²) in [5.41, 5.74) is 0.596. The van der Waals surface area contributed by atoms with Crippen LogP contribution in [-0.2, 0) is 10.0 Å². The number of rotatable bonds is 4. The fraction of sp³-hybridized carbons (Fsp3) is 0.182. The molecule has 112 valence electrons. The van der Waals surface area contributed by atoms with E-state index in [-0.39, 0.29) is 20.7 Å². The minimum absolute atomic E-state index is 0.0353. The molecule has 2 rings (SSSR count). The summed E-state index contributed by atoms with van der Waals surface area (Å²) in [5.74, 6) is 0. The van der Waals surface area contributed by atoms with Gasteiger partial charge in [-0.3, -0.25) is 19.9 Å². The van der Waals surface area contributed by atoms with E-state index in [4.69, 9.17) is 0 Å². The summed E-state index contributed by atoms with van der Waals surface area (Å²) in [6.07, 6.45) is 0. The maximum Gasteiger partial charge on any atom is 0.285 e. The van der Waals surface area contributed by atoms with Gasteiger partial charge in [-0.2, -0.15) is 5.10 Å². The van der Waals surface area contributed by atoms with E-state index in [1.165, 1.54) is 12.1 Å². The highest BCUT2D eigenvalue weighted by Gasteiger charge is 2.23. The van der Waals surface area contributed by atoms with E-state index in [1.807, 2.05) is 0 Å². The summed E-state index contributed by atoms with van der Waals surface area (Å²) in [6.45, 7) is 3.14. The monoisotopic (exact) mass is 374 g/mol. The van der Waals surface area contributed by atoms with Crippen molar-refractivity contribution in [3.05, 3.63) is 44.2 Å². The van der Waals surface area contributed by atoms with Crippen molar-refractivity contribution in [2.45, 2.75) is 18.7 Å². The van der Waals surface area contributed by atoms with E-state index >= 15 is 0 Å². The summed E-state index contributed by atoms with van der Waals surface area (Å²) in [5, 5.41) is 17.3. The van der Waals surface area contributed by atoms with Gasteiger partial charge in [-0.05, 0) is 41.9 Å². The average Bonchev–Trinajstić information content (AvgIpc) is 2.71. The second-order valence-corrected chi connectivity index (χ2v) is 6.77. The van der Waals surface area contributed by atoms with Crippen LogP contribution in [0.5, 0.6) is 0 Å². The lowest BCUT2D eigenvalue weighted by Crippen LogP contribution is -2.14. The number of aromatic nitrogens is 2. The van der Waals surface area contributed by atoms with Crippen LogP contribution in [0, 0.1) is 24.0 Å². The lowest BCUT2D eigenvalue weighted by molar-refractivity contribution is -0.385. The minimum Gasteiger partial charge on any atom is -0.281 e. The molecule has 0 saturated carbocycles. The number of hydrogen-bond acceptors (Lipinski definition) is 5. The first-order chi connectivity index (χ1) is 9.72. The van der Waals surface area contributed by atoms with Crippen LogP contribution in [0.2, 0.25) is 0 Å². The zero-order chi connectivity index (χ0) is 15.8. The Bertz CT molecular complexity index is 796. The van der Waals surface area contributed by atoms with Gasteiger partial charge >= 0.3 is 0 Å². The highest BCUT2D eigenvalue weighted by atomic mass is 79.9. The van der Waals surface area contributed by atoms with Crippen LogP contribution in [0.1, 0.15) is 11.4 Å². The molecule has 0 atom stereocenters. The Morgan fingerprint density at radius 3 is 2.57 bits per heavy atom. The normalized spacial score (nSPS) is 11.4. The Hall–Kier alpha value is -1.94. The van der Waals surface area contributed by atoms with E-state index in [0.717, 1.165) is 6.07 Å². The van der Waals surface area contributed by atoms with Gasteiger partial charge in [0, 0.05) is 6.07 Å². The van der Waals surface area contributed by atoms with Crippen molar-refractivity contribution in [3.8, 4) is 0 Å². The van der Waals surface area contributed by atoms with Crippen LogP contribution in [0.15, 0.2) is 27.6 Å². The number of aromatic amines is 1. The van der Waals surface area contributed by atoms with Crippen LogP contribution in [0.4, 0.5) is 11.4 Å². The van der Waals surface area contributed by atoms with Gasteiger partial charge in [0.1, 0.15) is 4.90 Å². The summed E-state index contributed by atoms with van der Waals surface area (Å²) >= 11 is 3.04. The molecule has 0 saturated heterocycles. The molecule has 0 aliphatic carbocycles. The lowest BCUT2D eigenvalue weighted by Gasteiger charge is -2.08. The molecular formula is C11H11BrN4O4S. The number of hydrogen-bond donors (Lipinski definition) is 2. The van der Waals surface area contributed by atoms with Crippen LogP contribution in [0.25, 0.3) is 0 Å². The molecule has 0 aliphatic heterocycles. The Morgan fingerprint density at radius 1 is 1.38 bits per heavy atom. The molecule has 21 heavy (non-hydrogen) atoms. The van der Waals surface area contributed by atoms with Crippen LogP contribution < -0.4 is 4.72 Å². The SMILES string of the molecule is Cc1n[nH]c(C)c1S(=O)(=O)Nc1ccc(Br)c([N+](=O)[O-])c1. The Morgan fingerprint density at radius 2 is 2.05 bits per heavy atom. The fourth-order valence-electron chi connectivity index (χ4n) is 1.86. The van der Waals surface area contributed by atoms with Crippen molar-refractivity contribution in [1.82, 2.24) is 10.2 Å². The molecule has 1 aromatic carbocycles. The molecule has 0 unspecified atom stereocenters. The molecule has 8 nitrogen and oxygen atoms in total. The predicted octanol–water partition coefficient (Wildman–Crippen LogP) is 2.50. The first-order valence-corrected chi connectivity index (χ1v) is 7.98. The molecule has 10 heteroatoms. The first kappa shape index (κ1) is 15.4. The molecule has 0 spiro atoms. The molecule has 2 N–H and O–H groups in total. The van der Waals surface area contributed by atoms with E-state index in [0.29, 0.717) is 11.4 Å². The lowest BCUT2D eigenvalue weighted by atomic mass is 10.3. The van der Waals surface area contributed by atoms with Crippen LogP contribution in [0.3, 0.4) is 0 Å². The third-order valence-corrected chi connectivity index (χ3v) is 5.04. The van der Waals surface area contributed by atoms with Gasteiger partial charge in [0.25, 0.3) is 15.7 Å². The number of halogens is 1. The highest BCUT2D eigenvalue weighted by molar-refractivity contribution is 9.10. The van der Waals surface area contributed by atoms with E-state index in [9.17, 15) is 18.5 Å². The molecule has 0 amide bonds. The molecule has 1 aromatic heterocycles. The van der Waals surface area contributed by atoms with Gasteiger partial charge in [-0.1, -0.05) is 0 Å². The van der Waals surface area contributed by atoms with Gasteiger partial charge in [0.15, 0.2) is 0 Å². The van der Waals surface area contributed by atoms with Crippen LogP contribution >= 0.6 is 15.9 Å². The zero-order valence-electron chi connectivity index (χ0n) is 11.0. The minimum atomic E-state index is -3.87. The standard InChI is InChI=1S/C11H11BrN4O4S/c1-6-11(7(2)14-13-6)21(19,20)15-8-3-4-9(12)10(5-8)16(17)18/h3-5,15H,1-2H3,(H,13,14). The fourth-order valence-corrected chi connectivity index (χ4v) is 3.67. The van der Waals surface area contributed by atoms with Crippen molar-refractivity contribution in [1.29, 1.82) is 0 Å². The quantitative estimate of drug-likeness (QED) is 0.629. The number of nitrogens with zero attached hydrogens (tertiary/aromatic N) is 2. The molecule has 1 heterocycles. The van der Waals surface area contributed by atoms with Gasteiger partial charge in [0.05, 0.1) is 26.5 Å². The third-order valence-electron chi connectivity index (χ3n) is 2.72. The highest BCUT2D eigenvalue weighted by Crippen LogP contribution is 2.29. The topological polar surface area (TPSA) is 118 Å². The summed E-state index contributed by atoms with van der Waals surface area (Å²) in [4.78, 5) is 10.3. The second-order valence-electron chi connectivity index (χ2n) is 4.29. The van der Waals surface area contributed by atoms with Gasteiger partial charge in [-0.25, -0.2) is 8.42 Å². The number of nitro groups is 1. The number of nitrogens with one attached hydrogen (secondary N) is 2. The summed E-state index contributed by atoms with van der Waals surface area (Å²) in [6, 6.07) is 3.98. The maximum atomic E-state index is 12.3. The second kappa shape index (κ2) is 5.45. The van der Waals surface area contributed by atoms with E-state index in [1.54, 1.807) is 13.8 Å². The predicted molar refractivity (Wildman–Crippen MR) is 79.7 cm³/mol. The molecule has 0 bridgehead atoms. The van der Waals surface area contributed by atoms with Gasteiger partial charge in [-0.15, -0.1) is 0 Å². The molecule has 0 radical (unpaired) electrons. The number of sulfonamides is 1. The Labute approximate surface area is 128 Å². The molecule has 0 aliphatic rings. The molecular weight excluding hydrogens is 364 g/mol. The van der Waals surface area contributed by atoms with Gasteiger partial charge in [0.2, 0.25) is 0 Å². The first-order valence-electron chi connectivity index (χ1n) is 5.70. The largest absolute Gasteiger partial charge is 0.285 e. The number of benzene rings is 1. The van der Waals surface area contributed by atoms with Gasteiger partial charge < -0.3 is 0 Å². The summed E-state index contributed by atoms with van der Waals surface area (Å²) in [7, 11) is -3.87. The third kappa shape index (κ3) is 3.05. The van der Waals surface area contributed by atoms with E-state index in [2.05, 4.69) is 30.8 Å². The molecule has 2 aromatic rings. The van der Waals surface area contributed by atoms with Crippen LogP contribution in [-0.4, -0.2) is 23.5 Å². The Balaban J connectivity index is 2.42. The number of H-pyrrole nitrogens is 1. The van der Waals surface area contributed by atoms with Crippen molar-refractivity contribution >= 4 is 37.3 Å². The van der Waals surface area contributed by atoms with Crippen molar-refractivity contribution in [3.63, 3.8) is 0 Å². The summed E-state index contributed by atoms with van der Waals surface area (Å²) < 4.78 is 27.2. The zero-order valence-corrected chi connectivity index (χ0v) is 13.4.